The van der Waals surface area contributed by atoms with E-state index in [9.17, 15) is 13.6 Å². The first-order chi connectivity index (χ1) is 9.40. The van der Waals surface area contributed by atoms with Gasteiger partial charge in [-0.15, -0.1) is 5.10 Å². The number of rotatable bonds is 4. The molecule has 0 saturated carbocycles. The third-order valence-corrected chi connectivity index (χ3v) is 3.36. The monoisotopic (exact) mass is 365 g/mol. The van der Waals surface area contributed by atoms with Gasteiger partial charge in [-0.1, -0.05) is 38.8 Å². The van der Waals surface area contributed by atoms with Crippen LogP contribution in [0.15, 0.2) is 22.7 Å². The lowest BCUT2D eigenvalue weighted by Gasteiger charge is -2.08. The normalized spacial score (nSPS) is 11.1. The molecule has 0 bridgehead atoms. The number of benzene rings is 1. The van der Waals surface area contributed by atoms with Gasteiger partial charge in [0.1, 0.15) is 5.69 Å². The number of carboxylic acids is 1. The highest BCUT2D eigenvalue weighted by atomic mass is 79.9. The molecule has 1 aromatic carbocycles. The minimum absolute atomic E-state index is 0.0912. The standard InChI is InChI=1S/C11H7BrClF2N3O2/c12-6-2-1-5(7(13)3-6)4-18-9(10(14)15)8(11(19)20)16-17-18/h1-3,10H,4H2,(H,19,20). The molecule has 2 rings (SSSR count). The van der Waals surface area contributed by atoms with Crippen LogP contribution < -0.4 is 0 Å². The summed E-state index contributed by atoms with van der Waals surface area (Å²) < 4.78 is 27.5. The van der Waals surface area contributed by atoms with Crippen molar-refractivity contribution in [3.63, 3.8) is 0 Å². The zero-order valence-electron chi connectivity index (χ0n) is 9.73. The van der Waals surface area contributed by atoms with Crippen molar-refractivity contribution in [3.05, 3.63) is 44.6 Å². The van der Waals surface area contributed by atoms with Crippen molar-refractivity contribution in [2.45, 2.75) is 13.0 Å². The summed E-state index contributed by atoms with van der Waals surface area (Å²) in [4.78, 5) is 10.8. The van der Waals surface area contributed by atoms with Crippen LogP contribution in [0.2, 0.25) is 5.02 Å². The van der Waals surface area contributed by atoms with Crippen LogP contribution in [0.3, 0.4) is 0 Å². The first-order valence-electron chi connectivity index (χ1n) is 5.29. The molecule has 0 spiro atoms. The highest BCUT2D eigenvalue weighted by molar-refractivity contribution is 9.10. The Morgan fingerprint density at radius 3 is 2.75 bits per heavy atom. The number of carboxylic acid groups (broad SMARTS) is 1. The van der Waals surface area contributed by atoms with E-state index in [1.807, 2.05) is 0 Å². The van der Waals surface area contributed by atoms with Gasteiger partial charge in [-0.2, -0.15) is 0 Å². The lowest BCUT2D eigenvalue weighted by Crippen LogP contribution is -2.10. The maximum Gasteiger partial charge on any atom is 0.358 e. The topological polar surface area (TPSA) is 68.0 Å². The Morgan fingerprint density at radius 1 is 1.50 bits per heavy atom. The van der Waals surface area contributed by atoms with E-state index in [2.05, 4.69) is 26.2 Å². The zero-order valence-corrected chi connectivity index (χ0v) is 12.1. The maximum absolute atomic E-state index is 12.9. The summed E-state index contributed by atoms with van der Waals surface area (Å²) in [5.41, 5.74) is -0.969. The third-order valence-electron chi connectivity index (χ3n) is 2.52. The van der Waals surface area contributed by atoms with Crippen LogP contribution in [0, 0.1) is 0 Å². The van der Waals surface area contributed by atoms with Crippen molar-refractivity contribution in [2.75, 3.05) is 0 Å². The molecule has 0 radical (unpaired) electrons. The minimum atomic E-state index is -3.00. The van der Waals surface area contributed by atoms with Crippen molar-refractivity contribution < 1.29 is 18.7 Å². The van der Waals surface area contributed by atoms with E-state index in [1.54, 1.807) is 18.2 Å². The first kappa shape index (κ1) is 14.9. The van der Waals surface area contributed by atoms with Crippen molar-refractivity contribution in [3.8, 4) is 0 Å². The van der Waals surface area contributed by atoms with Crippen LogP contribution in [0.5, 0.6) is 0 Å². The van der Waals surface area contributed by atoms with E-state index in [0.717, 1.165) is 9.15 Å². The molecule has 1 heterocycles. The SMILES string of the molecule is O=C(O)c1nnn(Cc2ccc(Br)cc2Cl)c1C(F)F. The number of alkyl halides is 2. The molecular formula is C11H7BrClF2N3O2. The summed E-state index contributed by atoms with van der Waals surface area (Å²) in [6.45, 7) is -0.0912. The van der Waals surface area contributed by atoms with E-state index in [-0.39, 0.29) is 6.54 Å². The van der Waals surface area contributed by atoms with E-state index in [0.29, 0.717) is 10.6 Å². The molecule has 5 nitrogen and oxygen atoms in total. The molecule has 20 heavy (non-hydrogen) atoms. The lowest BCUT2D eigenvalue weighted by molar-refractivity contribution is 0.0675. The quantitative estimate of drug-likeness (QED) is 0.901. The molecule has 0 atom stereocenters. The van der Waals surface area contributed by atoms with E-state index in [4.69, 9.17) is 16.7 Å². The van der Waals surface area contributed by atoms with E-state index < -0.39 is 23.8 Å². The molecule has 0 aliphatic carbocycles. The molecule has 2 aromatic rings. The Bertz CT molecular complexity index is 663. The molecule has 1 aromatic heterocycles. The van der Waals surface area contributed by atoms with E-state index >= 15 is 0 Å². The maximum atomic E-state index is 12.9. The zero-order chi connectivity index (χ0) is 14.9. The Balaban J connectivity index is 2.41. The van der Waals surface area contributed by atoms with Crippen LogP contribution >= 0.6 is 27.5 Å². The average molecular weight is 367 g/mol. The summed E-state index contributed by atoms with van der Waals surface area (Å²) in [5.74, 6) is -1.55. The molecule has 0 aliphatic heterocycles. The first-order valence-corrected chi connectivity index (χ1v) is 6.46. The average Bonchev–Trinajstić information content (AvgIpc) is 2.76. The number of carbonyl (C=O) groups is 1. The second-order valence-corrected chi connectivity index (χ2v) is 5.15. The van der Waals surface area contributed by atoms with Crippen molar-refractivity contribution in [1.29, 1.82) is 0 Å². The van der Waals surface area contributed by atoms with Crippen molar-refractivity contribution in [2.24, 2.45) is 0 Å². The Morgan fingerprint density at radius 2 is 2.20 bits per heavy atom. The predicted octanol–water partition coefficient (Wildman–Crippen LogP) is 3.38. The van der Waals surface area contributed by atoms with Crippen LogP contribution in [-0.2, 0) is 6.54 Å². The fourth-order valence-corrected chi connectivity index (χ4v) is 2.35. The number of halogens is 4. The largest absolute Gasteiger partial charge is 0.476 e. The Kier molecular flexibility index (Phi) is 4.34. The summed E-state index contributed by atoms with van der Waals surface area (Å²) in [5, 5.41) is 15.9. The Labute approximate surface area is 125 Å². The van der Waals surface area contributed by atoms with Gasteiger partial charge in [0.25, 0.3) is 6.43 Å². The highest BCUT2D eigenvalue weighted by Crippen LogP contribution is 2.25. The molecule has 0 saturated heterocycles. The summed E-state index contributed by atoms with van der Waals surface area (Å²) >= 11 is 9.21. The number of hydrogen-bond acceptors (Lipinski definition) is 3. The molecule has 0 amide bonds. The van der Waals surface area contributed by atoms with Crippen molar-refractivity contribution >= 4 is 33.5 Å². The lowest BCUT2D eigenvalue weighted by atomic mass is 10.2. The second kappa shape index (κ2) is 5.84. The molecule has 1 N–H and O–H groups in total. The van der Waals surface area contributed by atoms with Crippen molar-refractivity contribution in [1.82, 2.24) is 15.0 Å². The number of aromatic carboxylic acids is 1. The van der Waals surface area contributed by atoms with Gasteiger partial charge in [0.2, 0.25) is 0 Å². The molecule has 9 heteroatoms. The molecule has 106 valence electrons. The van der Waals surface area contributed by atoms with Gasteiger partial charge in [-0.25, -0.2) is 18.3 Å². The fourth-order valence-electron chi connectivity index (χ4n) is 1.62. The molecule has 0 unspecified atom stereocenters. The van der Waals surface area contributed by atoms with Gasteiger partial charge >= 0.3 is 5.97 Å². The molecule has 0 aliphatic rings. The van der Waals surface area contributed by atoms with Crippen LogP contribution in [-0.4, -0.2) is 26.1 Å². The van der Waals surface area contributed by atoms with Gasteiger partial charge in [-0.05, 0) is 17.7 Å². The van der Waals surface area contributed by atoms with Gasteiger partial charge in [0.05, 0.1) is 6.54 Å². The number of hydrogen-bond donors (Lipinski definition) is 1. The summed E-state index contributed by atoms with van der Waals surface area (Å²) in [7, 11) is 0. The summed E-state index contributed by atoms with van der Waals surface area (Å²) in [6.07, 6.45) is -3.00. The van der Waals surface area contributed by atoms with Gasteiger partial charge < -0.3 is 5.11 Å². The Hall–Kier alpha value is -1.54. The third kappa shape index (κ3) is 2.96. The van der Waals surface area contributed by atoms with Crippen LogP contribution in [0.1, 0.15) is 28.2 Å². The molecule has 0 fully saturated rings. The number of nitrogens with zero attached hydrogens (tertiary/aromatic N) is 3. The van der Waals surface area contributed by atoms with E-state index in [1.165, 1.54) is 0 Å². The fraction of sp³-hybridized carbons (Fsp3) is 0.182. The highest BCUT2D eigenvalue weighted by Gasteiger charge is 2.26. The minimum Gasteiger partial charge on any atom is -0.476 e. The smallest absolute Gasteiger partial charge is 0.358 e. The second-order valence-electron chi connectivity index (χ2n) is 3.82. The number of aromatic nitrogens is 3. The van der Waals surface area contributed by atoms with Gasteiger partial charge in [-0.3, -0.25) is 0 Å². The predicted molar refractivity (Wildman–Crippen MR) is 70.2 cm³/mol. The summed E-state index contributed by atoms with van der Waals surface area (Å²) in [6, 6.07) is 4.93. The van der Waals surface area contributed by atoms with Gasteiger partial charge in [0.15, 0.2) is 5.69 Å². The van der Waals surface area contributed by atoms with Crippen LogP contribution in [0.25, 0.3) is 0 Å². The van der Waals surface area contributed by atoms with Crippen LogP contribution in [0.4, 0.5) is 8.78 Å². The molecular weight excluding hydrogens is 359 g/mol. The van der Waals surface area contributed by atoms with Gasteiger partial charge in [0, 0.05) is 9.50 Å².